The molecule has 2 fully saturated rings. The van der Waals surface area contributed by atoms with Gasteiger partial charge in [-0.05, 0) is 60.8 Å². The van der Waals surface area contributed by atoms with E-state index in [1.807, 2.05) is 6.07 Å². The molecule has 108 valence electrons. The Labute approximate surface area is 125 Å². The van der Waals surface area contributed by atoms with Crippen molar-refractivity contribution in [2.45, 2.75) is 38.5 Å². The molecule has 1 aliphatic heterocycles. The predicted octanol–water partition coefficient (Wildman–Crippen LogP) is 3.62. The van der Waals surface area contributed by atoms with Crippen molar-refractivity contribution in [2.75, 3.05) is 13.2 Å². The Balaban J connectivity index is 1.69. The summed E-state index contributed by atoms with van der Waals surface area (Å²) in [7, 11) is 0. The van der Waals surface area contributed by atoms with E-state index in [0.29, 0.717) is 12.5 Å². The van der Waals surface area contributed by atoms with Gasteiger partial charge in [0, 0.05) is 23.5 Å². The van der Waals surface area contributed by atoms with Gasteiger partial charge >= 0.3 is 0 Å². The van der Waals surface area contributed by atoms with E-state index >= 15 is 0 Å². The molecule has 2 nitrogen and oxygen atoms in total. The minimum Gasteiger partial charge on any atom is -0.493 e. The standard InChI is InChI=1S/C17H21ClO2/c18-15-6-12-3-4-20-16(12)13(7-15)9-17(10-19)8-11-1-2-14(17)5-11/h6-7,11,14,19H,1-5,8-10H2. The van der Waals surface area contributed by atoms with Gasteiger partial charge in [0.15, 0.2) is 0 Å². The van der Waals surface area contributed by atoms with Crippen LogP contribution < -0.4 is 4.74 Å². The van der Waals surface area contributed by atoms with Crippen LogP contribution in [0.15, 0.2) is 12.1 Å². The molecule has 1 heterocycles. The maximum atomic E-state index is 10.0. The Hall–Kier alpha value is -0.730. The molecule has 2 saturated carbocycles. The van der Waals surface area contributed by atoms with E-state index in [4.69, 9.17) is 16.3 Å². The van der Waals surface area contributed by atoms with Gasteiger partial charge in [0.05, 0.1) is 6.61 Å². The Morgan fingerprint density at radius 1 is 1.35 bits per heavy atom. The van der Waals surface area contributed by atoms with Crippen LogP contribution in [-0.4, -0.2) is 18.3 Å². The number of fused-ring (bicyclic) bond motifs is 3. The zero-order valence-corrected chi connectivity index (χ0v) is 12.5. The van der Waals surface area contributed by atoms with Crippen LogP contribution in [0, 0.1) is 17.3 Å². The van der Waals surface area contributed by atoms with Crippen molar-refractivity contribution in [3.63, 3.8) is 0 Å². The van der Waals surface area contributed by atoms with Gasteiger partial charge in [-0.15, -0.1) is 0 Å². The van der Waals surface area contributed by atoms with Crippen LogP contribution in [0.25, 0.3) is 0 Å². The summed E-state index contributed by atoms with van der Waals surface area (Å²) in [5, 5.41) is 10.8. The van der Waals surface area contributed by atoms with E-state index in [-0.39, 0.29) is 5.41 Å². The maximum absolute atomic E-state index is 10.0. The molecule has 1 aromatic carbocycles. The largest absolute Gasteiger partial charge is 0.493 e. The van der Waals surface area contributed by atoms with Crippen molar-refractivity contribution in [3.8, 4) is 5.75 Å². The van der Waals surface area contributed by atoms with Crippen LogP contribution in [0.4, 0.5) is 0 Å². The smallest absolute Gasteiger partial charge is 0.125 e. The number of halogens is 1. The third kappa shape index (κ3) is 1.88. The first-order chi connectivity index (χ1) is 9.70. The maximum Gasteiger partial charge on any atom is 0.125 e. The SMILES string of the molecule is OCC1(Cc2cc(Cl)cc3c2OCC3)CC2CCC1C2. The summed E-state index contributed by atoms with van der Waals surface area (Å²) in [6.07, 6.45) is 7.01. The molecule has 4 rings (SSSR count). The minimum absolute atomic E-state index is 0.0767. The van der Waals surface area contributed by atoms with Crippen molar-refractivity contribution >= 4 is 11.6 Å². The van der Waals surface area contributed by atoms with E-state index in [9.17, 15) is 5.11 Å². The second-order valence-electron chi connectivity index (χ2n) is 6.93. The van der Waals surface area contributed by atoms with E-state index in [1.54, 1.807) is 0 Å². The summed E-state index contributed by atoms with van der Waals surface area (Å²) in [5.41, 5.74) is 2.53. The molecule has 2 aliphatic carbocycles. The molecule has 2 bridgehead atoms. The van der Waals surface area contributed by atoms with E-state index < -0.39 is 0 Å². The number of rotatable bonds is 3. The second kappa shape index (κ2) is 4.64. The van der Waals surface area contributed by atoms with Crippen molar-refractivity contribution in [1.82, 2.24) is 0 Å². The quantitative estimate of drug-likeness (QED) is 0.922. The molecule has 3 aliphatic rings. The average molecular weight is 293 g/mol. The zero-order chi connectivity index (χ0) is 13.7. The van der Waals surface area contributed by atoms with Gasteiger partial charge in [0.25, 0.3) is 0 Å². The second-order valence-corrected chi connectivity index (χ2v) is 7.37. The number of benzene rings is 1. The van der Waals surface area contributed by atoms with Crippen molar-refractivity contribution in [1.29, 1.82) is 0 Å². The monoisotopic (exact) mass is 292 g/mol. The van der Waals surface area contributed by atoms with Gasteiger partial charge < -0.3 is 9.84 Å². The molecular formula is C17H21ClO2. The molecule has 0 spiro atoms. The first-order valence-corrected chi connectivity index (χ1v) is 8.13. The van der Waals surface area contributed by atoms with Gasteiger partial charge in [0.1, 0.15) is 5.75 Å². The molecule has 0 aromatic heterocycles. The van der Waals surface area contributed by atoms with Crippen molar-refractivity contribution < 1.29 is 9.84 Å². The predicted molar refractivity (Wildman–Crippen MR) is 79.3 cm³/mol. The van der Waals surface area contributed by atoms with Gasteiger partial charge in [-0.1, -0.05) is 18.0 Å². The summed E-state index contributed by atoms with van der Waals surface area (Å²) < 4.78 is 5.82. The van der Waals surface area contributed by atoms with E-state index in [2.05, 4.69) is 6.07 Å². The fourth-order valence-corrected chi connectivity index (χ4v) is 5.14. The first kappa shape index (κ1) is 13.0. The highest BCUT2D eigenvalue weighted by atomic mass is 35.5. The Bertz CT molecular complexity index is 542. The highest BCUT2D eigenvalue weighted by Gasteiger charge is 2.50. The molecule has 3 heteroatoms. The normalized spacial score (nSPS) is 34.3. The first-order valence-electron chi connectivity index (χ1n) is 7.75. The lowest BCUT2D eigenvalue weighted by Crippen LogP contribution is -2.34. The molecule has 0 saturated heterocycles. The van der Waals surface area contributed by atoms with E-state index in [0.717, 1.165) is 36.1 Å². The molecule has 1 N–H and O–H groups in total. The van der Waals surface area contributed by atoms with E-state index in [1.165, 1.54) is 36.8 Å². The van der Waals surface area contributed by atoms with Crippen LogP contribution in [0.1, 0.15) is 36.8 Å². The summed E-state index contributed by atoms with van der Waals surface area (Å²) in [6.45, 7) is 1.07. The lowest BCUT2D eigenvalue weighted by atomic mass is 9.70. The minimum atomic E-state index is 0.0767. The third-order valence-electron chi connectivity index (χ3n) is 5.79. The van der Waals surface area contributed by atoms with Crippen molar-refractivity contribution in [2.24, 2.45) is 17.3 Å². The van der Waals surface area contributed by atoms with Gasteiger partial charge in [-0.3, -0.25) is 0 Å². The Morgan fingerprint density at radius 3 is 2.95 bits per heavy atom. The number of aliphatic hydroxyl groups excluding tert-OH is 1. The van der Waals surface area contributed by atoms with Crippen LogP contribution in [-0.2, 0) is 12.8 Å². The summed E-state index contributed by atoms with van der Waals surface area (Å²) in [4.78, 5) is 0. The van der Waals surface area contributed by atoms with Gasteiger partial charge in [-0.25, -0.2) is 0 Å². The Kier molecular flexibility index (Phi) is 3.01. The highest BCUT2D eigenvalue weighted by molar-refractivity contribution is 6.30. The lowest BCUT2D eigenvalue weighted by molar-refractivity contribution is 0.0646. The molecule has 0 amide bonds. The third-order valence-corrected chi connectivity index (χ3v) is 6.00. The highest BCUT2D eigenvalue weighted by Crippen LogP contribution is 2.57. The zero-order valence-electron chi connectivity index (χ0n) is 11.7. The molecule has 0 radical (unpaired) electrons. The number of aliphatic hydroxyl groups is 1. The average Bonchev–Trinajstić information content (AvgIpc) is 3.12. The van der Waals surface area contributed by atoms with Crippen LogP contribution in [0.5, 0.6) is 5.75 Å². The number of hydrogen-bond acceptors (Lipinski definition) is 2. The van der Waals surface area contributed by atoms with Gasteiger partial charge in [0.2, 0.25) is 0 Å². The van der Waals surface area contributed by atoms with Crippen molar-refractivity contribution in [3.05, 3.63) is 28.3 Å². The van der Waals surface area contributed by atoms with Crippen LogP contribution >= 0.6 is 11.6 Å². The molecule has 1 aromatic rings. The summed E-state index contributed by atoms with van der Waals surface area (Å²) >= 11 is 6.26. The Morgan fingerprint density at radius 2 is 2.25 bits per heavy atom. The van der Waals surface area contributed by atoms with Crippen LogP contribution in [0.3, 0.4) is 0 Å². The van der Waals surface area contributed by atoms with Gasteiger partial charge in [-0.2, -0.15) is 0 Å². The fraction of sp³-hybridized carbons (Fsp3) is 0.647. The topological polar surface area (TPSA) is 29.5 Å². The lowest BCUT2D eigenvalue weighted by Gasteiger charge is -2.36. The number of ether oxygens (including phenoxy) is 1. The number of hydrogen-bond donors (Lipinski definition) is 1. The fourth-order valence-electron chi connectivity index (χ4n) is 4.88. The summed E-state index contributed by atoms with van der Waals surface area (Å²) in [5.74, 6) is 2.57. The molecule has 3 atom stereocenters. The molecule has 3 unspecified atom stereocenters. The molecule has 20 heavy (non-hydrogen) atoms. The summed E-state index contributed by atoms with van der Waals surface area (Å²) in [6, 6.07) is 4.08. The molecular weight excluding hydrogens is 272 g/mol. The van der Waals surface area contributed by atoms with Crippen LogP contribution in [0.2, 0.25) is 5.02 Å².